The second-order valence-corrected chi connectivity index (χ2v) is 2.62. The second kappa shape index (κ2) is 4.41. The van der Waals surface area contributed by atoms with Crippen molar-refractivity contribution in [2.75, 3.05) is 12.4 Å². The van der Waals surface area contributed by atoms with Gasteiger partial charge in [0.1, 0.15) is 5.82 Å². The zero-order chi connectivity index (χ0) is 11.4. The normalized spacial score (nSPS) is 9.47. The van der Waals surface area contributed by atoms with Gasteiger partial charge in [0, 0.05) is 5.69 Å². The molecule has 1 aromatic carbocycles. The minimum Gasteiger partial charge on any atom is -0.478 e. The van der Waals surface area contributed by atoms with E-state index in [1.54, 1.807) is 0 Å². The predicted molar refractivity (Wildman–Crippen MR) is 49.4 cm³/mol. The first-order chi connectivity index (χ1) is 7.04. The number of anilines is 1. The number of hydrogen-bond acceptors (Lipinski definition) is 3. The first-order valence-electron chi connectivity index (χ1n) is 3.92. The molecule has 5 nitrogen and oxygen atoms in total. The highest BCUT2D eigenvalue weighted by Crippen LogP contribution is 2.14. The van der Waals surface area contributed by atoms with E-state index in [1.807, 2.05) is 0 Å². The van der Waals surface area contributed by atoms with Crippen LogP contribution < -0.4 is 5.32 Å². The molecule has 0 bridgehead atoms. The standard InChI is InChI=1S/C9H8FNO4/c1-15-9(14)11-5-2-3-7(10)6(4-5)8(12)13/h2-4H,1H3,(H,11,14)(H,12,13). The maximum absolute atomic E-state index is 12.9. The van der Waals surface area contributed by atoms with Crippen LogP contribution in [0.2, 0.25) is 0 Å². The summed E-state index contributed by atoms with van der Waals surface area (Å²) >= 11 is 0. The summed E-state index contributed by atoms with van der Waals surface area (Å²) in [5.74, 6) is -2.26. The molecule has 0 fully saturated rings. The molecule has 0 unspecified atom stereocenters. The highest BCUT2D eigenvalue weighted by molar-refractivity contribution is 5.91. The quantitative estimate of drug-likeness (QED) is 0.783. The van der Waals surface area contributed by atoms with Crippen LogP contribution in [-0.2, 0) is 4.74 Å². The molecule has 0 radical (unpaired) electrons. The van der Waals surface area contributed by atoms with Gasteiger partial charge in [0.05, 0.1) is 12.7 Å². The van der Waals surface area contributed by atoms with Gasteiger partial charge in [-0.15, -0.1) is 0 Å². The number of ether oxygens (including phenoxy) is 1. The smallest absolute Gasteiger partial charge is 0.411 e. The lowest BCUT2D eigenvalue weighted by molar-refractivity contribution is 0.0692. The third kappa shape index (κ3) is 2.67. The summed E-state index contributed by atoms with van der Waals surface area (Å²) in [6.45, 7) is 0. The van der Waals surface area contributed by atoms with Gasteiger partial charge < -0.3 is 9.84 Å². The average molecular weight is 213 g/mol. The van der Waals surface area contributed by atoms with Crippen molar-refractivity contribution in [3.63, 3.8) is 0 Å². The first kappa shape index (κ1) is 11.0. The van der Waals surface area contributed by atoms with Gasteiger partial charge in [-0.2, -0.15) is 0 Å². The highest BCUT2D eigenvalue weighted by atomic mass is 19.1. The first-order valence-corrected chi connectivity index (χ1v) is 3.92. The molecule has 15 heavy (non-hydrogen) atoms. The predicted octanol–water partition coefficient (Wildman–Crippen LogP) is 1.70. The number of methoxy groups -OCH3 is 1. The number of rotatable bonds is 2. The fraction of sp³-hybridized carbons (Fsp3) is 0.111. The van der Waals surface area contributed by atoms with Crippen LogP contribution in [0.4, 0.5) is 14.9 Å². The number of amides is 1. The van der Waals surface area contributed by atoms with Crippen LogP contribution in [0.5, 0.6) is 0 Å². The van der Waals surface area contributed by atoms with Gasteiger partial charge in [-0.1, -0.05) is 0 Å². The minimum absolute atomic E-state index is 0.153. The summed E-state index contributed by atoms with van der Waals surface area (Å²) in [4.78, 5) is 21.3. The molecule has 0 aliphatic rings. The number of aromatic carboxylic acids is 1. The largest absolute Gasteiger partial charge is 0.478 e. The maximum atomic E-state index is 12.9. The Morgan fingerprint density at radius 1 is 1.47 bits per heavy atom. The number of carbonyl (C=O) groups excluding carboxylic acids is 1. The Kier molecular flexibility index (Phi) is 3.22. The van der Waals surface area contributed by atoms with E-state index in [1.165, 1.54) is 6.07 Å². The molecule has 1 amide bonds. The van der Waals surface area contributed by atoms with Gasteiger partial charge in [-0.05, 0) is 18.2 Å². The van der Waals surface area contributed by atoms with E-state index in [4.69, 9.17) is 5.11 Å². The Morgan fingerprint density at radius 3 is 2.67 bits per heavy atom. The van der Waals surface area contributed by atoms with Crippen LogP contribution >= 0.6 is 0 Å². The van der Waals surface area contributed by atoms with E-state index in [9.17, 15) is 14.0 Å². The number of hydrogen-bond donors (Lipinski definition) is 2. The van der Waals surface area contributed by atoms with Crippen LogP contribution in [0.25, 0.3) is 0 Å². The highest BCUT2D eigenvalue weighted by Gasteiger charge is 2.11. The zero-order valence-electron chi connectivity index (χ0n) is 7.78. The second-order valence-electron chi connectivity index (χ2n) is 2.62. The molecule has 0 aliphatic heterocycles. The average Bonchev–Trinajstić information content (AvgIpc) is 2.20. The molecule has 1 aromatic rings. The number of benzene rings is 1. The molecule has 0 aromatic heterocycles. The molecule has 0 aliphatic carbocycles. The van der Waals surface area contributed by atoms with Crippen molar-refractivity contribution < 1.29 is 23.8 Å². The van der Waals surface area contributed by atoms with Gasteiger partial charge in [-0.3, -0.25) is 5.32 Å². The minimum atomic E-state index is -1.40. The van der Waals surface area contributed by atoms with E-state index in [0.717, 1.165) is 19.2 Å². The lowest BCUT2D eigenvalue weighted by atomic mass is 10.2. The summed E-state index contributed by atoms with van der Waals surface area (Å²) < 4.78 is 17.2. The van der Waals surface area contributed by atoms with Crippen LogP contribution in [-0.4, -0.2) is 24.3 Å². The summed E-state index contributed by atoms with van der Waals surface area (Å²) in [6, 6.07) is 3.20. The Labute approximate surface area is 84.5 Å². The lowest BCUT2D eigenvalue weighted by Gasteiger charge is -2.04. The van der Waals surface area contributed by atoms with Gasteiger partial charge >= 0.3 is 12.1 Å². The van der Waals surface area contributed by atoms with Gasteiger partial charge in [0.25, 0.3) is 0 Å². The van der Waals surface area contributed by atoms with Crippen molar-refractivity contribution in [3.05, 3.63) is 29.6 Å². The molecule has 0 saturated heterocycles. The van der Waals surface area contributed by atoms with E-state index < -0.39 is 23.4 Å². The molecular formula is C9H8FNO4. The Morgan fingerprint density at radius 2 is 2.13 bits per heavy atom. The van der Waals surface area contributed by atoms with Crippen molar-refractivity contribution in [1.82, 2.24) is 0 Å². The third-order valence-electron chi connectivity index (χ3n) is 1.63. The van der Waals surface area contributed by atoms with Crippen molar-refractivity contribution in [3.8, 4) is 0 Å². The van der Waals surface area contributed by atoms with Crippen LogP contribution in [0.1, 0.15) is 10.4 Å². The number of nitrogens with one attached hydrogen (secondary N) is 1. The van der Waals surface area contributed by atoms with Gasteiger partial charge in [0.2, 0.25) is 0 Å². The molecular weight excluding hydrogens is 205 g/mol. The van der Waals surface area contributed by atoms with Crippen molar-refractivity contribution in [1.29, 1.82) is 0 Å². The van der Waals surface area contributed by atoms with Crippen LogP contribution in [0, 0.1) is 5.82 Å². The van der Waals surface area contributed by atoms with Gasteiger partial charge in [-0.25, -0.2) is 14.0 Å². The Bertz CT molecular complexity index is 405. The van der Waals surface area contributed by atoms with E-state index in [0.29, 0.717) is 0 Å². The molecule has 0 spiro atoms. The summed E-state index contributed by atoms with van der Waals surface area (Å²) in [5.41, 5.74) is -0.357. The number of carbonyl (C=O) groups is 2. The number of carboxylic acid groups (broad SMARTS) is 1. The van der Waals surface area contributed by atoms with E-state index in [2.05, 4.69) is 10.1 Å². The molecule has 2 N–H and O–H groups in total. The molecule has 1 rings (SSSR count). The SMILES string of the molecule is COC(=O)Nc1ccc(F)c(C(=O)O)c1. The van der Waals surface area contributed by atoms with Crippen LogP contribution in [0.15, 0.2) is 18.2 Å². The molecule has 0 saturated carbocycles. The Balaban J connectivity index is 2.97. The molecule has 80 valence electrons. The van der Waals surface area contributed by atoms with Gasteiger partial charge in [0.15, 0.2) is 0 Å². The topological polar surface area (TPSA) is 75.6 Å². The lowest BCUT2D eigenvalue weighted by Crippen LogP contribution is -2.12. The maximum Gasteiger partial charge on any atom is 0.411 e. The molecule has 0 atom stereocenters. The Hall–Kier alpha value is -2.11. The summed E-state index contributed by atoms with van der Waals surface area (Å²) in [5, 5.41) is 10.8. The number of carboxylic acids is 1. The van der Waals surface area contributed by atoms with Crippen LogP contribution in [0.3, 0.4) is 0 Å². The fourth-order valence-electron chi connectivity index (χ4n) is 0.936. The summed E-state index contributed by atoms with van der Waals surface area (Å²) in [7, 11) is 1.16. The zero-order valence-corrected chi connectivity index (χ0v) is 7.78. The molecule has 0 heterocycles. The van der Waals surface area contributed by atoms with E-state index in [-0.39, 0.29) is 5.69 Å². The summed E-state index contributed by atoms with van der Waals surface area (Å²) in [6.07, 6.45) is -0.752. The number of halogens is 1. The molecule has 6 heteroatoms. The monoisotopic (exact) mass is 213 g/mol. The van der Waals surface area contributed by atoms with Crippen molar-refractivity contribution in [2.45, 2.75) is 0 Å². The van der Waals surface area contributed by atoms with Crippen molar-refractivity contribution >= 4 is 17.7 Å². The van der Waals surface area contributed by atoms with E-state index >= 15 is 0 Å². The van der Waals surface area contributed by atoms with Crippen molar-refractivity contribution in [2.24, 2.45) is 0 Å². The third-order valence-corrected chi connectivity index (χ3v) is 1.63. The fourth-order valence-corrected chi connectivity index (χ4v) is 0.936.